The van der Waals surface area contributed by atoms with Crippen molar-refractivity contribution in [3.05, 3.63) is 35.4 Å². The van der Waals surface area contributed by atoms with E-state index < -0.39 is 17.0 Å². The summed E-state index contributed by atoms with van der Waals surface area (Å²) < 4.78 is 26.4. The van der Waals surface area contributed by atoms with Crippen molar-refractivity contribution in [3.63, 3.8) is 0 Å². The SMILES string of the molecule is CCC1(C(=O)c2cc(F)cc(F)c2)CCCNC1. The molecule has 2 rings (SSSR count). The molecule has 1 heterocycles. The van der Waals surface area contributed by atoms with Gasteiger partial charge in [0.25, 0.3) is 0 Å². The lowest BCUT2D eigenvalue weighted by atomic mass is 9.73. The Morgan fingerprint density at radius 3 is 2.50 bits per heavy atom. The van der Waals surface area contributed by atoms with Crippen LogP contribution in [0.1, 0.15) is 36.5 Å². The Bertz CT molecular complexity index is 433. The number of carbonyl (C=O) groups excluding carboxylic acids is 1. The minimum absolute atomic E-state index is 0.137. The number of rotatable bonds is 3. The molecule has 0 spiro atoms. The number of hydrogen-bond acceptors (Lipinski definition) is 2. The summed E-state index contributed by atoms with van der Waals surface area (Å²) >= 11 is 0. The number of Topliss-reactive ketones (excluding diaryl/α,β-unsaturated/α-hetero) is 1. The number of benzene rings is 1. The highest BCUT2D eigenvalue weighted by atomic mass is 19.1. The van der Waals surface area contributed by atoms with Gasteiger partial charge in [-0.05, 0) is 37.9 Å². The van der Waals surface area contributed by atoms with Gasteiger partial charge in [0.1, 0.15) is 11.6 Å². The Labute approximate surface area is 105 Å². The fourth-order valence-corrected chi connectivity index (χ4v) is 2.62. The van der Waals surface area contributed by atoms with Crippen molar-refractivity contribution >= 4 is 5.78 Å². The zero-order valence-corrected chi connectivity index (χ0v) is 10.4. The van der Waals surface area contributed by atoms with E-state index in [9.17, 15) is 13.6 Å². The van der Waals surface area contributed by atoms with E-state index in [2.05, 4.69) is 5.32 Å². The lowest BCUT2D eigenvalue weighted by Crippen LogP contribution is -2.45. The van der Waals surface area contributed by atoms with Crippen LogP contribution >= 0.6 is 0 Å². The Morgan fingerprint density at radius 1 is 1.33 bits per heavy atom. The van der Waals surface area contributed by atoms with Gasteiger partial charge in [0.2, 0.25) is 0 Å². The van der Waals surface area contributed by atoms with Crippen LogP contribution in [0.3, 0.4) is 0 Å². The topological polar surface area (TPSA) is 29.1 Å². The number of ketones is 1. The first kappa shape index (κ1) is 13.1. The van der Waals surface area contributed by atoms with E-state index in [4.69, 9.17) is 0 Å². The van der Waals surface area contributed by atoms with E-state index in [1.807, 2.05) is 6.92 Å². The van der Waals surface area contributed by atoms with Gasteiger partial charge in [0.15, 0.2) is 5.78 Å². The van der Waals surface area contributed by atoms with Gasteiger partial charge in [-0.25, -0.2) is 8.78 Å². The molecule has 1 aliphatic heterocycles. The van der Waals surface area contributed by atoms with Crippen molar-refractivity contribution < 1.29 is 13.6 Å². The highest BCUT2D eigenvalue weighted by Crippen LogP contribution is 2.34. The zero-order valence-electron chi connectivity index (χ0n) is 10.4. The lowest BCUT2D eigenvalue weighted by Gasteiger charge is -2.35. The third-order valence-corrected chi connectivity index (χ3v) is 3.76. The monoisotopic (exact) mass is 253 g/mol. The Hall–Kier alpha value is -1.29. The minimum Gasteiger partial charge on any atom is -0.316 e. The molecule has 18 heavy (non-hydrogen) atoms. The van der Waals surface area contributed by atoms with Gasteiger partial charge in [0.05, 0.1) is 0 Å². The molecule has 1 N–H and O–H groups in total. The van der Waals surface area contributed by atoms with Crippen LogP contribution in [0.5, 0.6) is 0 Å². The molecule has 1 aliphatic rings. The Kier molecular flexibility index (Phi) is 3.76. The molecule has 1 saturated heterocycles. The van der Waals surface area contributed by atoms with Gasteiger partial charge >= 0.3 is 0 Å². The largest absolute Gasteiger partial charge is 0.316 e. The molecule has 1 unspecified atom stereocenters. The molecule has 4 heteroatoms. The fourth-order valence-electron chi connectivity index (χ4n) is 2.62. The average Bonchev–Trinajstić information content (AvgIpc) is 2.37. The molecule has 1 fully saturated rings. The molecule has 0 aliphatic carbocycles. The smallest absolute Gasteiger partial charge is 0.170 e. The van der Waals surface area contributed by atoms with Crippen molar-refractivity contribution in [1.82, 2.24) is 5.32 Å². The molecule has 0 bridgehead atoms. The maximum atomic E-state index is 13.2. The molecular formula is C14H17F2NO. The summed E-state index contributed by atoms with van der Waals surface area (Å²) in [5.74, 6) is -1.56. The highest BCUT2D eigenvalue weighted by Gasteiger charge is 2.38. The van der Waals surface area contributed by atoms with Crippen LogP contribution in [0.15, 0.2) is 18.2 Å². The molecule has 0 amide bonds. The summed E-state index contributed by atoms with van der Waals surface area (Å²) in [6.45, 7) is 3.42. The van der Waals surface area contributed by atoms with Gasteiger partial charge in [-0.2, -0.15) is 0 Å². The molecule has 0 aromatic heterocycles. The van der Waals surface area contributed by atoms with Crippen LogP contribution in [0.4, 0.5) is 8.78 Å². The second kappa shape index (κ2) is 5.14. The van der Waals surface area contributed by atoms with E-state index in [1.54, 1.807) is 0 Å². The molecular weight excluding hydrogens is 236 g/mol. The first-order chi connectivity index (χ1) is 8.57. The van der Waals surface area contributed by atoms with Crippen molar-refractivity contribution in [3.8, 4) is 0 Å². The van der Waals surface area contributed by atoms with Gasteiger partial charge in [0, 0.05) is 23.6 Å². The molecule has 0 radical (unpaired) electrons. The molecule has 1 aromatic carbocycles. The summed E-state index contributed by atoms with van der Waals surface area (Å²) in [5, 5.41) is 3.20. The summed E-state index contributed by atoms with van der Waals surface area (Å²) in [7, 11) is 0. The van der Waals surface area contributed by atoms with E-state index in [0.29, 0.717) is 13.0 Å². The first-order valence-electron chi connectivity index (χ1n) is 6.29. The van der Waals surface area contributed by atoms with Crippen LogP contribution in [-0.2, 0) is 0 Å². The lowest BCUT2D eigenvalue weighted by molar-refractivity contribution is 0.0729. The second-order valence-corrected chi connectivity index (χ2v) is 4.90. The van der Waals surface area contributed by atoms with Crippen LogP contribution in [0.2, 0.25) is 0 Å². The van der Waals surface area contributed by atoms with E-state index >= 15 is 0 Å². The van der Waals surface area contributed by atoms with Crippen molar-refractivity contribution in [2.45, 2.75) is 26.2 Å². The molecule has 2 nitrogen and oxygen atoms in total. The number of nitrogens with one attached hydrogen (secondary N) is 1. The van der Waals surface area contributed by atoms with Gasteiger partial charge in [-0.15, -0.1) is 0 Å². The van der Waals surface area contributed by atoms with Crippen LogP contribution in [0, 0.1) is 17.0 Å². The number of piperidine rings is 1. The maximum absolute atomic E-state index is 13.2. The van der Waals surface area contributed by atoms with Crippen LogP contribution in [0.25, 0.3) is 0 Å². The summed E-state index contributed by atoms with van der Waals surface area (Å²) in [6, 6.07) is 3.03. The highest BCUT2D eigenvalue weighted by molar-refractivity contribution is 6.00. The first-order valence-corrected chi connectivity index (χ1v) is 6.29. The number of halogens is 2. The van der Waals surface area contributed by atoms with E-state index in [1.165, 1.54) is 0 Å². The number of hydrogen-bond donors (Lipinski definition) is 1. The quantitative estimate of drug-likeness (QED) is 0.839. The molecule has 1 atom stereocenters. The maximum Gasteiger partial charge on any atom is 0.170 e. The summed E-state index contributed by atoms with van der Waals surface area (Å²) in [5.41, 5.74) is -0.378. The fraction of sp³-hybridized carbons (Fsp3) is 0.500. The summed E-state index contributed by atoms with van der Waals surface area (Å²) in [4.78, 5) is 12.5. The van der Waals surface area contributed by atoms with E-state index in [-0.39, 0.29) is 11.3 Å². The third kappa shape index (κ3) is 2.43. The number of carbonyl (C=O) groups is 1. The van der Waals surface area contributed by atoms with E-state index in [0.717, 1.165) is 37.6 Å². The van der Waals surface area contributed by atoms with Crippen molar-refractivity contribution in [2.24, 2.45) is 5.41 Å². The third-order valence-electron chi connectivity index (χ3n) is 3.76. The van der Waals surface area contributed by atoms with Crippen LogP contribution < -0.4 is 5.32 Å². The summed E-state index contributed by atoms with van der Waals surface area (Å²) in [6.07, 6.45) is 2.36. The molecule has 1 aromatic rings. The Balaban J connectivity index is 2.33. The standard InChI is InChI=1S/C14H17F2NO/c1-2-14(4-3-5-17-9-14)13(18)10-6-11(15)8-12(16)7-10/h6-8,17H,2-5,9H2,1H3. The minimum atomic E-state index is -0.701. The van der Waals surface area contributed by atoms with Crippen molar-refractivity contribution in [2.75, 3.05) is 13.1 Å². The second-order valence-electron chi connectivity index (χ2n) is 4.90. The Morgan fingerprint density at radius 2 is 2.00 bits per heavy atom. The molecule has 0 saturated carbocycles. The van der Waals surface area contributed by atoms with Gasteiger partial charge < -0.3 is 5.32 Å². The average molecular weight is 253 g/mol. The van der Waals surface area contributed by atoms with Crippen molar-refractivity contribution in [1.29, 1.82) is 0 Å². The zero-order chi connectivity index (χ0) is 13.2. The predicted octanol–water partition coefficient (Wildman–Crippen LogP) is 2.93. The van der Waals surface area contributed by atoms with Gasteiger partial charge in [-0.3, -0.25) is 4.79 Å². The molecule has 98 valence electrons. The van der Waals surface area contributed by atoms with Gasteiger partial charge in [-0.1, -0.05) is 6.92 Å². The van der Waals surface area contributed by atoms with Crippen LogP contribution in [-0.4, -0.2) is 18.9 Å². The predicted molar refractivity (Wildman–Crippen MR) is 65.5 cm³/mol. The normalized spacial score (nSPS) is 23.9.